The van der Waals surface area contributed by atoms with Gasteiger partial charge >= 0.3 is 5.97 Å². The Kier molecular flexibility index (Phi) is 7.45. The number of carbonyl (C=O) groups excluding carboxylic acids is 3. The summed E-state index contributed by atoms with van der Waals surface area (Å²) < 4.78 is 6.49. The lowest BCUT2D eigenvalue weighted by Gasteiger charge is -2.16. The topological polar surface area (TPSA) is 140 Å². The number of benzene rings is 2. The van der Waals surface area contributed by atoms with Gasteiger partial charge in [-0.15, -0.1) is 0 Å². The van der Waals surface area contributed by atoms with E-state index in [1.54, 1.807) is 18.2 Å². The van der Waals surface area contributed by atoms with Gasteiger partial charge < -0.3 is 15.4 Å². The molecule has 11 nitrogen and oxygen atoms in total. The van der Waals surface area contributed by atoms with Crippen LogP contribution in [0.15, 0.2) is 66.4 Å². The minimum atomic E-state index is -0.455. The maximum atomic E-state index is 13.5. The zero-order chi connectivity index (χ0) is 28.2. The van der Waals surface area contributed by atoms with Crippen LogP contribution in [0.1, 0.15) is 66.1 Å². The summed E-state index contributed by atoms with van der Waals surface area (Å²) in [6, 6.07) is 12.0. The Labute approximate surface area is 230 Å². The number of amides is 2. The maximum absolute atomic E-state index is 13.5. The summed E-state index contributed by atoms with van der Waals surface area (Å²) in [5.74, 6) is -1.16. The van der Waals surface area contributed by atoms with Gasteiger partial charge in [-0.3, -0.25) is 14.6 Å². The number of esters is 1. The number of rotatable bonds is 9. The van der Waals surface area contributed by atoms with Crippen LogP contribution in [-0.2, 0) is 17.7 Å². The van der Waals surface area contributed by atoms with Gasteiger partial charge in [0.25, 0.3) is 17.6 Å². The van der Waals surface area contributed by atoms with Gasteiger partial charge in [-0.1, -0.05) is 30.9 Å². The number of carbonyl (C=O) groups is 3. The molecule has 1 atom stereocenters. The molecule has 0 saturated heterocycles. The highest BCUT2D eigenvalue weighted by Crippen LogP contribution is 2.35. The number of aromatic nitrogens is 4. The van der Waals surface area contributed by atoms with Crippen molar-refractivity contribution in [2.45, 2.75) is 32.4 Å². The second kappa shape index (κ2) is 11.3. The van der Waals surface area contributed by atoms with Crippen LogP contribution >= 0.6 is 0 Å². The number of nitrogens with zero attached hydrogens (tertiary/aromatic N) is 5. The van der Waals surface area contributed by atoms with Gasteiger partial charge in [0, 0.05) is 12.6 Å². The number of hydrogen-bond acceptors (Lipinski definition) is 8. The molecule has 0 saturated carbocycles. The van der Waals surface area contributed by atoms with Crippen LogP contribution in [0, 0.1) is 6.92 Å². The Balaban J connectivity index is 1.34. The molecule has 1 aliphatic carbocycles. The molecule has 2 aromatic carbocycles. The predicted molar refractivity (Wildman–Crippen MR) is 148 cm³/mol. The number of nitrogens with one attached hydrogen (secondary N) is 2. The second-order valence-electron chi connectivity index (χ2n) is 9.26. The highest BCUT2D eigenvalue weighted by atomic mass is 16.5. The molecule has 2 amide bonds. The molecule has 4 aromatic rings. The molecule has 1 aliphatic rings. The molecule has 2 N–H and O–H groups in total. The van der Waals surface area contributed by atoms with Crippen molar-refractivity contribution in [3.05, 3.63) is 101 Å². The average molecular weight is 538 g/mol. The Morgan fingerprint density at radius 1 is 1.18 bits per heavy atom. The molecule has 0 aliphatic heterocycles. The summed E-state index contributed by atoms with van der Waals surface area (Å²) in [5.41, 5.74) is 5.05. The van der Waals surface area contributed by atoms with E-state index in [0.717, 1.165) is 27.9 Å². The molecule has 0 unspecified atom stereocenters. The lowest BCUT2D eigenvalue weighted by atomic mass is 9.98. The van der Waals surface area contributed by atoms with Crippen molar-refractivity contribution in [1.29, 1.82) is 0 Å². The van der Waals surface area contributed by atoms with Crippen LogP contribution in [0.2, 0.25) is 0 Å². The number of hydrogen-bond donors (Lipinski definition) is 2. The standard InChI is InChI=1S/C29H27N7O4/c1-4-13-40-28(39)21-9-10-22-20(17(21)2)11-12-23(22)34-27(38)25-14-24(35-29-32-16-33-36(25)29)26(37)31-15-18-5-7-19(30-3)8-6-18/h4-10,14,16,23H,1,3,11-13,15H2,2H3,(H,31,37)(H,34,38)/t23-/m0/s1. The first-order valence-corrected chi connectivity index (χ1v) is 12.7. The number of aliphatic imine (C=N–C) groups is 1. The van der Waals surface area contributed by atoms with Crippen LogP contribution in [0.25, 0.3) is 5.78 Å². The SMILES string of the molecule is C=CCOC(=O)c1ccc2c(c1C)CC[C@@H]2NC(=O)c1cc(C(=O)NCc2ccc(N=C)cc2)nc2ncnn12. The second-order valence-corrected chi connectivity index (χ2v) is 9.26. The van der Waals surface area contributed by atoms with Gasteiger partial charge in [-0.25, -0.2) is 9.78 Å². The largest absolute Gasteiger partial charge is 0.458 e. The van der Waals surface area contributed by atoms with Crippen LogP contribution in [0.3, 0.4) is 0 Å². The van der Waals surface area contributed by atoms with Crippen molar-refractivity contribution in [2.24, 2.45) is 4.99 Å². The van der Waals surface area contributed by atoms with Crippen LogP contribution < -0.4 is 10.6 Å². The average Bonchev–Trinajstić information content (AvgIpc) is 3.62. The first-order chi connectivity index (χ1) is 19.4. The van der Waals surface area contributed by atoms with E-state index in [1.807, 2.05) is 25.1 Å². The fourth-order valence-electron chi connectivity index (χ4n) is 4.78. The van der Waals surface area contributed by atoms with Crippen LogP contribution in [0.5, 0.6) is 0 Å². The Morgan fingerprint density at radius 2 is 1.98 bits per heavy atom. The van der Waals surface area contributed by atoms with Crippen molar-refractivity contribution in [3.8, 4) is 0 Å². The zero-order valence-corrected chi connectivity index (χ0v) is 21.9. The minimum Gasteiger partial charge on any atom is -0.458 e. The normalized spacial score (nSPS) is 13.9. The molecule has 0 fully saturated rings. The molecule has 0 spiro atoms. The maximum Gasteiger partial charge on any atom is 0.338 e. The van der Waals surface area contributed by atoms with Gasteiger partial charge in [-0.05, 0) is 66.9 Å². The van der Waals surface area contributed by atoms with Gasteiger partial charge in [0.15, 0.2) is 0 Å². The van der Waals surface area contributed by atoms with Crippen molar-refractivity contribution >= 4 is 36.0 Å². The molecule has 11 heteroatoms. The third-order valence-corrected chi connectivity index (χ3v) is 6.84. The molecule has 5 rings (SSSR count). The van der Waals surface area contributed by atoms with Gasteiger partial charge in [-0.2, -0.15) is 14.6 Å². The number of ether oxygens (including phenoxy) is 1. The van der Waals surface area contributed by atoms with Gasteiger partial charge in [0.05, 0.1) is 17.3 Å². The van der Waals surface area contributed by atoms with Crippen molar-refractivity contribution < 1.29 is 19.1 Å². The monoisotopic (exact) mass is 537 g/mol. The van der Waals surface area contributed by atoms with E-state index in [1.165, 1.54) is 23.0 Å². The quantitative estimate of drug-likeness (QED) is 0.189. The Morgan fingerprint density at radius 3 is 2.73 bits per heavy atom. The summed E-state index contributed by atoms with van der Waals surface area (Å²) in [5, 5.41) is 9.98. The van der Waals surface area contributed by atoms with Crippen molar-refractivity contribution in [3.63, 3.8) is 0 Å². The summed E-state index contributed by atoms with van der Waals surface area (Å²) in [4.78, 5) is 51.0. The molecular formula is C29H27N7O4. The summed E-state index contributed by atoms with van der Waals surface area (Å²) in [6.45, 7) is 9.34. The summed E-state index contributed by atoms with van der Waals surface area (Å²) >= 11 is 0. The molecule has 0 radical (unpaired) electrons. The van der Waals surface area contributed by atoms with E-state index in [-0.39, 0.29) is 36.4 Å². The number of fused-ring (bicyclic) bond motifs is 2. The minimum absolute atomic E-state index is 0.0420. The third-order valence-electron chi connectivity index (χ3n) is 6.84. The van der Waals surface area contributed by atoms with Crippen molar-refractivity contribution in [1.82, 2.24) is 30.2 Å². The molecular weight excluding hydrogens is 510 g/mol. The molecule has 2 heterocycles. The highest BCUT2D eigenvalue weighted by Gasteiger charge is 2.29. The molecule has 40 heavy (non-hydrogen) atoms. The first kappa shape index (κ1) is 26.4. The molecule has 2 aromatic heterocycles. The molecule has 0 bridgehead atoms. The van der Waals surface area contributed by atoms with E-state index in [2.05, 4.69) is 44.0 Å². The fraction of sp³-hybridized carbons (Fsp3) is 0.207. The van der Waals surface area contributed by atoms with E-state index in [0.29, 0.717) is 18.4 Å². The van der Waals surface area contributed by atoms with E-state index in [4.69, 9.17) is 4.74 Å². The predicted octanol–water partition coefficient (Wildman–Crippen LogP) is 3.45. The lowest BCUT2D eigenvalue weighted by Crippen LogP contribution is -2.30. The van der Waals surface area contributed by atoms with E-state index < -0.39 is 17.8 Å². The first-order valence-electron chi connectivity index (χ1n) is 12.7. The zero-order valence-electron chi connectivity index (χ0n) is 21.9. The Bertz CT molecular complexity index is 1640. The summed E-state index contributed by atoms with van der Waals surface area (Å²) in [6.07, 6.45) is 4.15. The smallest absolute Gasteiger partial charge is 0.338 e. The van der Waals surface area contributed by atoms with Crippen LogP contribution in [0.4, 0.5) is 5.69 Å². The van der Waals surface area contributed by atoms with Gasteiger partial charge in [0.2, 0.25) is 0 Å². The Hall–Kier alpha value is -5.19. The third kappa shape index (κ3) is 5.21. The summed E-state index contributed by atoms with van der Waals surface area (Å²) in [7, 11) is 0. The molecule has 202 valence electrons. The van der Waals surface area contributed by atoms with Gasteiger partial charge in [0.1, 0.15) is 24.3 Å². The van der Waals surface area contributed by atoms with Crippen molar-refractivity contribution in [2.75, 3.05) is 6.61 Å². The lowest BCUT2D eigenvalue weighted by molar-refractivity contribution is 0.0548. The van der Waals surface area contributed by atoms with Crippen LogP contribution in [-0.4, -0.2) is 50.7 Å². The van der Waals surface area contributed by atoms with E-state index in [9.17, 15) is 14.4 Å². The highest BCUT2D eigenvalue weighted by molar-refractivity contribution is 5.98. The van der Waals surface area contributed by atoms with E-state index >= 15 is 0 Å². The fourth-order valence-corrected chi connectivity index (χ4v) is 4.78.